The van der Waals surface area contributed by atoms with Crippen LogP contribution in [0.25, 0.3) is 0 Å². The molecule has 0 aromatic heterocycles. The summed E-state index contributed by atoms with van der Waals surface area (Å²) in [6.07, 6.45) is 1.66. The molecule has 2 amide bonds. The molecule has 0 radical (unpaired) electrons. The molecule has 2 unspecified atom stereocenters. The minimum absolute atomic E-state index is 0.0561. The second kappa shape index (κ2) is 5.08. The van der Waals surface area contributed by atoms with Gasteiger partial charge < -0.3 is 10.2 Å². The highest BCUT2D eigenvalue weighted by Crippen LogP contribution is 2.24. The number of halogens is 1. The summed E-state index contributed by atoms with van der Waals surface area (Å²) in [4.78, 5) is 25.6. The number of nitrogens with one attached hydrogen (secondary N) is 1. The quantitative estimate of drug-likeness (QED) is 0.816. The summed E-state index contributed by atoms with van der Waals surface area (Å²) in [5, 5.41) is 2.78. The number of carbonyl (C=O) groups excluding carboxylic acids is 2. The molecule has 17 heavy (non-hydrogen) atoms. The van der Waals surface area contributed by atoms with Crippen molar-refractivity contribution in [3.05, 3.63) is 11.6 Å². The van der Waals surface area contributed by atoms with Crippen molar-refractivity contribution >= 4 is 23.4 Å². The first-order valence-electron chi connectivity index (χ1n) is 5.65. The van der Waals surface area contributed by atoms with Gasteiger partial charge in [-0.05, 0) is 12.3 Å². The van der Waals surface area contributed by atoms with Crippen LogP contribution in [-0.4, -0.2) is 35.3 Å². The van der Waals surface area contributed by atoms with Crippen molar-refractivity contribution in [3.63, 3.8) is 0 Å². The number of amides is 2. The molecule has 4 nitrogen and oxygen atoms in total. The molecule has 0 aromatic rings. The van der Waals surface area contributed by atoms with Gasteiger partial charge in [0, 0.05) is 12.1 Å². The van der Waals surface area contributed by atoms with E-state index in [4.69, 9.17) is 11.6 Å². The lowest BCUT2D eigenvalue weighted by molar-refractivity contribution is -0.151. The Labute approximate surface area is 107 Å². The lowest BCUT2D eigenvalue weighted by Crippen LogP contribution is -2.65. The van der Waals surface area contributed by atoms with Crippen molar-refractivity contribution in [1.82, 2.24) is 10.2 Å². The highest BCUT2D eigenvalue weighted by molar-refractivity contribution is 6.25. The van der Waals surface area contributed by atoms with E-state index >= 15 is 0 Å². The summed E-state index contributed by atoms with van der Waals surface area (Å²) in [6, 6.07) is -0.927. The fraction of sp³-hybridized carbons (Fsp3) is 0.667. The highest BCUT2D eigenvalue weighted by atomic mass is 35.5. The number of hydrogen-bond donors (Lipinski definition) is 1. The Morgan fingerprint density at radius 1 is 1.41 bits per heavy atom. The number of rotatable bonds is 2. The summed E-state index contributed by atoms with van der Waals surface area (Å²) in [6.45, 7) is 7.88. The third kappa shape index (κ3) is 3.00. The van der Waals surface area contributed by atoms with E-state index < -0.39 is 12.1 Å². The molecule has 1 saturated heterocycles. The van der Waals surface area contributed by atoms with Crippen molar-refractivity contribution in [3.8, 4) is 0 Å². The predicted molar refractivity (Wildman–Crippen MR) is 67.6 cm³/mol. The number of carbonyl (C=O) groups is 2. The molecule has 1 N–H and O–H groups in total. The van der Waals surface area contributed by atoms with E-state index in [-0.39, 0.29) is 17.2 Å². The van der Waals surface area contributed by atoms with Gasteiger partial charge in [-0.15, -0.1) is 0 Å². The van der Waals surface area contributed by atoms with Gasteiger partial charge >= 0.3 is 0 Å². The first-order chi connectivity index (χ1) is 7.79. The van der Waals surface area contributed by atoms with Gasteiger partial charge in [-0.25, -0.2) is 0 Å². The lowest BCUT2D eigenvalue weighted by Gasteiger charge is -2.41. The van der Waals surface area contributed by atoms with Gasteiger partial charge in [0.1, 0.15) is 12.1 Å². The van der Waals surface area contributed by atoms with E-state index in [1.165, 1.54) is 5.54 Å². The van der Waals surface area contributed by atoms with Crippen LogP contribution in [0.4, 0.5) is 0 Å². The van der Waals surface area contributed by atoms with Crippen LogP contribution in [0, 0.1) is 5.41 Å². The van der Waals surface area contributed by atoms with Gasteiger partial charge in [0.05, 0.1) is 0 Å². The first-order valence-corrected chi connectivity index (χ1v) is 6.08. The topological polar surface area (TPSA) is 49.4 Å². The maximum atomic E-state index is 12.3. The Balaban J connectivity index is 2.95. The van der Waals surface area contributed by atoms with Gasteiger partial charge in [0.15, 0.2) is 0 Å². The van der Waals surface area contributed by atoms with Crippen LogP contribution >= 0.6 is 11.6 Å². The van der Waals surface area contributed by atoms with Crippen LogP contribution in [0.1, 0.15) is 27.7 Å². The molecule has 96 valence electrons. The van der Waals surface area contributed by atoms with Gasteiger partial charge in [-0.2, -0.15) is 0 Å². The fourth-order valence-corrected chi connectivity index (χ4v) is 1.89. The number of nitrogens with zero attached hydrogens (tertiary/aromatic N) is 1. The van der Waals surface area contributed by atoms with Crippen LogP contribution in [0.15, 0.2) is 11.6 Å². The number of hydrogen-bond acceptors (Lipinski definition) is 2. The third-order valence-corrected chi connectivity index (χ3v) is 3.10. The van der Waals surface area contributed by atoms with Crippen molar-refractivity contribution < 1.29 is 9.59 Å². The number of piperazine rings is 1. The predicted octanol–water partition coefficient (Wildman–Crippen LogP) is 1.50. The van der Waals surface area contributed by atoms with Crippen LogP contribution < -0.4 is 5.32 Å². The van der Waals surface area contributed by atoms with E-state index in [0.717, 1.165) is 0 Å². The molecule has 1 fully saturated rings. The molecule has 0 bridgehead atoms. The Morgan fingerprint density at radius 3 is 2.47 bits per heavy atom. The molecule has 1 aliphatic rings. The second-order valence-corrected chi connectivity index (χ2v) is 5.59. The monoisotopic (exact) mass is 258 g/mol. The van der Waals surface area contributed by atoms with E-state index in [0.29, 0.717) is 6.54 Å². The Hall–Kier alpha value is -1.03. The van der Waals surface area contributed by atoms with Crippen LogP contribution in [0.3, 0.4) is 0 Å². The average molecular weight is 259 g/mol. The standard InChI is InChI=1S/C12H19ClN2O2/c1-8-10(16)14-9(12(2,3)4)11(17)15(8)7-5-6-13/h5-6,8-9H,7H2,1-4H3,(H,14,16)/b6-5+. The molecule has 0 spiro atoms. The van der Waals surface area contributed by atoms with E-state index in [1.54, 1.807) is 17.9 Å². The maximum absolute atomic E-state index is 12.3. The molecule has 0 aliphatic carbocycles. The Bertz CT molecular complexity index is 347. The largest absolute Gasteiger partial charge is 0.342 e. The molecular weight excluding hydrogens is 240 g/mol. The van der Waals surface area contributed by atoms with Crippen LogP contribution in [0.5, 0.6) is 0 Å². The molecule has 1 aliphatic heterocycles. The fourth-order valence-electron chi connectivity index (χ4n) is 1.81. The summed E-state index contributed by atoms with van der Waals surface area (Å²) >= 11 is 5.46. The van der Waals surface area contributed by atoms with E-state index in [2.05, 4.69) is 5.32 Å². The molecule has 5 heteroatoms. The summed E-state index contributed by atoms with van der Waals surface area (Å²) < 4.78 is 0. The zero-order chi connectivity index (χ0) is 13.2. The minimum Gasteiger partial charge on any atom is -0.342 e. The van der Waals surface area contributed by atoms with Gasteiger partial charge in [0.25, 0.3) is 0 Å². The van der Waals surface area contributed by atoms with Crippen molar-refractivity contribution in [2.45, 2.75) is 39.8 Å². The second-order valence-electron chi connectivity index (χ2n) is 5.34. The Kier molecular flexibility index (Phi) is 4.20. The van der Waals surface area contributed by atoms with Gasteiger partial charge in [-0.3, -0.25) is 9.59 Å². The summed E-state index contributed by atoms with van der Waals surface area (Å²) in [5.74, 6) is -0.174. The van der Waals surface area contributed by atoms with E-state index in [9.17, 15) is 9.59 Å². The Morgan fingerprint density at radius 2 is 2.00 bits per heavy atom. The van der Waals surface area contributed by atoms with Crippen molar-refractivity contribution in [2.24, 2.45) is 5.41 Å². The zero-order valence-corrected chi connectivity index (χ0v) is 11.4. The molecule has 0 saturated carbocycles. The average Bonchev–Trinajstić information content (AvgIpc) is 2.22. The third-order valence-electron chi connectivity index (χ3n) is 2.92. The van der Waals surface area contributed by atoms with Gasteiger partial charge in [0.2, 0.25) is 11.8 Å². The SMILES string of the molecule is CC1C(=O)NC(C(C)(C)C)C(=O)N1C/C=C/Cl. The lowest BCUT2D eigenvalue weighted by atomic mass is 9.84. The maximum Gasteiger partial charge on any atom is 0.246 e. The first kappa shape index (κ1) is 14.0. The summed E-state index contributed by atoms with van der Waals surface area (Å²) in [5.41, 5.74) is 1.06. The minimum atomic E-state index is -0.477. The van der Waals surface area contributed by atoms with Gasteiger partial charge in [-0.1, -0.05) is 38.4 Å². The van der Waals surface area contributed by atoms with Crippen molar-refractivity contribution in [2.75, 3.05) is 6.54 Å². The zero-order valence-electron chi connectivity index (χ0n) is 10.7. The molecule has 2 atom stereocenters. The molecular formula is C12H19ClN2O2. The molecule has 0 aromatic carbocycles. The normalized spacial score (nSPS) is 26.5. The smallest absolute Gasteiger partial charge is 0.246 e. The highest BCUT2D eigenvalue weighted by Gasteiger charge is 2.42. The van der Waals surface area contributed by atoms with Crippen LogP contribution in [0.2, 0.25) is 0 Å². The molecule has 1 heterocycles. The van der Waals surface area contributed by atoms with Crippen molar-refractivity contribution in [1.29, 1.82) is 0 Å². The summed E-state index contributed by atoms with van der Waals surface area (Å²) in [7, 11) is 0. The van der Waals surface area contributed by atoms with Crippen LogP contribution in [-0.2, 0) is 9.59 Å². The molecule has 1 rings (SSSR count). The van der Waals surface area contributed by atoms with E-state index in [1.807, 2.05) is 20.8 Å².